The highest BCUT2D eigenvalue weighted by Gasteiger charge is 2.08. The number of benzene rings is 4. The minimum Gasteiger partial charge on any atom is -0.494 e. The smallest absolute Gasteiger partial charge is 0.269 e. The van der Waals surface area contributed by atoms with Crippen molar-refractivity contribution in [3.8, 4) is 5.75 Å². The second-order valence-electron chi connectivity index (χ2n) is 6.77. The SMILES string of the molecule is CCOc1ccc(SNc2ccc(NSc3ccc([N+](=O)[O-])cc3)c3ccccc23)cc1. The maximum atomic E-state index is 10.8. The van der Waals surface area contributed by atoms with Gasteiger partial charge in [0.1, 0.15) is 5.75 Å². The molecule has 0 amide bonds. The van der Waals surface area contributed by atoms with Crippen LogP contribution in [0.2, 0.25) is 0 Å². The molecule has 0 spiro atoms. The zero-order valence-electron chi connectivity index (χ0n) is 17.3. The maximum absolute atomic E-state index is 10.8. The third kappa shape index (κ3) is 5.27. The lowest BCUT2D eigenvalue weighted by atomic mass is 10.1. The summed E-state index contributed by atoms with van der Waals surface area (Å²) in [6.45, 7) is 2.62. The van der Waals surface area contributed by atoms with E-state index in [4.69, 9.17) is 4.74 Å². The van der Waals surface area contributed by atoms with Crippen molar-refractivity contribution in [3.05, 3.63) is 95.0 Å². The second kappa shape index (κ2) is 10.3. The minimum absolute atomic E-state index is 0.0836. The van der Waals surface area contributed by atoms with Crippen LogP contribution in [0.5, 0.6) is 5.75 Å². The monoisotopic (exact) mass is 463 g/mol. The summed E-state index contributed by atoms with van der Waals surface area (Å²) < 4.78 is 12.3. The fraction of sp³-hybridized carbons (Fsp3) is 0.0833. The molecular weight excluding hydrogens is 442 g/mol. The van der Waals surface area contributed by atoms with Crippen LogP contribution >= 0.6 is 23.9 Å². The molecule has 0 fully saturated rings. The van der Waals surface area contributed by atoms with E-state index in [0.29, 0.717) is 6.61 Å². The summed E-state index contributed by atoms with van der Waals surface area (Å²) in [5.41, 5.74) is 2.08. The Labute approximate surface area is 194 Å². The average Bonchev–Trinajstić information content (AvgIpc) is 2.83. The van der Waals surface area contributed by atoms with Crippen molar-refractivity contribution in [2.24, 2.45) is 0 Å². The Bertz CT molecular complexity index is 1220. The molecule has 8 heteroatoms. The van der Waals surface area contributed by atoms with Gasteiger partial charge in [-0.3, -0.25) is 10.1 Å². The molecule has 2 N–H and O–H groups in total. The summed E-state index contributed by atoms with van der Waals surface area (Å²) in [4.78, 5) is 12.4. The number of rotatable bonds is 9. The molecule has 162 valence electrons. The average molecular weight is 464 g/mol. The Morgan fingerprint density at radius 2 is 1.28 bits per heavy atom. The number of anilines is 2. The predicted octanol–water partition coefficient (Wildman–Crippen LogP) is 7.39. The molecule has 0 aliphatic heterocycles. The first kappa shape index (κ1) is 21.9. The first-order valence-corrected chi connectivity index (χ1v) is 11.6. The summed E-state index contributed by atoms with van der Waals surface area (Å²) >= 11 is 2.97. The van der Waals surface area contributed by atoms with Crippen molar-refractivity contribution in [2.75, 3.05) is 16.1 Å². The van der Waals surface area contributed by atoms with Crippen LogP contribution in [0.15, 0.2) is 94.7 Å². The number of hydrogen-bond donors (Lipinski definition) is 2. The lowest BCUT2D eigenvalue weighted by Crippen LogP contribution is -1.93. The van der Waals surface area contributed by atoms with Gasteiger partial charge in [-0.05, 0) is 79.4 Å². The Kier molecular flexibility index (Phi) is 7.03. The van der Waals surface area contributed by atoms with Gasteiger partial charge >= 0.3 is 0 Å². The fourth-order valence-corrected chi connectivity index (χ4v) is 4.47. The Morgan fingerprint density at radius 3 is 1.75 bits per heavy atom. The normalized spacial score (nSPS) is 10.7. The number of nitro groups is 1. The van der Waals surface area contributed by atoms with Crippen molar-refractivity contribution >= 4 is 51.7 Å². The summed E-state index contributed by atoms with van der Waals surface area (Å²) in [5.74, 6) is 0.864. The quantitative estimate of drug-likeness (QED) is 0.152. The van der Waals surface area contributed by atoms with Crippen LogP contribution in [0, 0.1) is 10.1 Å². The zero-order chi connectivity index (χ0) is 22.3. The molecule has 0 heterocycles. The topological polar surface area (TPSA) is 76.4 Å². The third-order valence-corrected chi connectivity index (χ3v) is 6.32. The molecule has 4 aromatic carbocycles. The van der Waals surface area contributed by atoms with E-state index in [9.17, 15) is 10.1 Å². The van der Waals surface area contributed by atoms with Crippen LogP contribution in [0.4, 0.5) is 17.1 Å². The van der Waals surface area contributed by atoms with Crippen LogP contribution < -0.4 is 14.2 Å². The van der Waals surface area contributed by atoms with Gasteiger partial charge in [-0.2, -0.15) is 0 Å². The molecule has 6 nitrogen and oxygen atoms in total. The van der Waals surface area contributed by atoms with Gasteiger partial charge < -0.3 is 14.2 Å². The van der Waals surface area contributed by atoms with E-state index < -0.39 is 4.92 Å². The van der Waals surface area contributed by atoms with Crippen LogP contribution in [-0.4, -0.2) is 11.5 Å². The Hall–Kier alpha value is -3.36. The summed E-state index contributed by atoms with van der Waals surface area (Å²) in [5, 5.41) is 13.0. The molecule has 0 atom stereocenters. The number of nitrogens with zero attached hydrogens (tertiary/aromatic N) is 1. The van der Waals surface area contributed by atoms with Gasteiger partial charge in [-0.25, -0.2) is 0 Å². The van der Waals surface area contributed by atoms with E-state index >= 15 is 0 Å². The van der Waals surface area contributed by atoms with E-state index in [1.807, 2.05) is 55.5 Å². The van der Waals surface area contributed by atoms with Gasteiger partial charge in [0.05, 0.1) is 22.9 Å². The molecule has 0 saturated heterocycles. The van der Waals surface area contributed by atoms with Gasteiger partial charge in [-0.1, -0.05) is 24.3 Å². The molecular formula is C24H21N3O3S2. The van der Waals surface area contributed by atoms with Crippen molar-refractivity contribution in [3.63, 3.8) is 0 Å². The number of ether oxygens (including phenoxy) is 1. The summed E-state index contributed by atoms with van der Waals surface area (Å²) in [6, 6.07) is 26.7. The van der Waals surface area contributed by atoms with Gasteiger partial charge in [0, 0.05) is 32.7 Å². The van der Waals surface area contributed by atoms with E-state index in [1.165, 1.54) is 24.1 Å². The van der Waals surface area contributed by atoms with Crippen LogP contribution in [0.25, 0.3) is 10.8 Å². The Balaban J connectivity index is 1.47. The predicted molar refractivity (Wildman–Crippen MR) is 134 cm³/mol. The van der Waals surface area contributed by atoms with Crippen LogP contribution in [0.3, 0.4) is 0 Å². The Morgan fingerprint density at radius 1 is 0.781 bits per heavy atom. The fourth-order valence-electron chi connectivity index (χ4n) is 3.11. The molecule has 32 heavy (non-hydrogen) atoms. The molecule has 0 saturated carbocycles. The molecule has 4 aromatic rings. The number of nitro benzene ring substituents is 1. The maximum Gasteiger partial charge on any atom is 0.269 e. The standard InChI is InChI=1S/C24H21N3O3S2/c1-2-30-18-9-13-20(14-10-18)32-26-24-16-15-23(21-5-3-4-6-22(21)24)25-31-19-11-7-17(8-12-19)27(28)29/h3-16,25-26H,2H2,1H3. The van der Waals surface area contributed by atoms with Crippen molar-refractivity contribution in [2.45, 2.75) is 16.7 Å². The lowest BCUT2D eigenvalue weighted by molar-refractivity contribution is -0.384. The van der Waals surface area contributed by atoms with Crippen molar-refractivity contribution in [1.82, 2.24) is 0 Å². The van der Waals surface area contributed by atoms with Gasteiger partial charge in [-0.15, -0.1) is 0 Å². The number of nitrogens with one attached hydrogen (secondary N) is 2. The summed E-state index contributed by atoms with van der Waals surface area (Å²) in [6.07, 6.45) is 0. The van der Waals surface area contributed by atoms with Crippen LogP contribution in [-0.2, 0) is 0 Å². The second-order valence-corrected chi connectivity index (χ2v) is 8.53. The highest BCUT2D eigenvalue weighted by molar-refractivity contribution is 8.00. The van der Waals surface area contributed by atoms with Gasteiger partial charge in [0.25, 0.3) is 5.69 Å². The van der Waals surface area contributed by atoms with Crippen LogP contribution in [0.1, 0.15) is 6.92 Å². The molecule has 0 aliphatic rings. The van der Waals surface area contributed by atoms with E-state index in [1.54, 1.807) is 24.1 Å². The van der Waals surface area contributed by atoms with Crippen molar-refractivity contribution in [1.29, 1.82) is 0 Å². The highest BCUT2D eigenvalue weighted by Crippen LogP contribution is 2.35. The number of fused-ring (bicyclic) bond motifs is 1. The molecule has 0 aliphatic carbocycles. The summed E-state index contributed by atoms with van der Waals surface area (Å²) in [7, 11) is 0. The molecule has 0 aromatic heterocycles. The highest BCUT2D eigenvalue weighted by atomic mass is 32.2. The van der Waals surface area contributed by atoms with E-state index in [0.717, 1.165) is 37.7 Å². The van der Waals surface area contributed by atoms with Gasteiger partial charge in [0.15, 0.2) is 0 Å². The van der Waals surface area contributed by atoms with E-state index in [2.05, 4.69) is 21.6 Å². The zero-order valence-corrected chi connectivity index (χ0v) is 18.9. The molecule has 0 radical (unpaired) electrons. The third-order valence-electron chi connectivity index (χ3n) is 4.66. The number of non-ortho nitro benzene ring substituents is 1. The molecule has 0 bridgehead atoms. The first-order valence-electron chi connectivity index (χ1n) is 9.99. The van der Waals surface area contributed by atoms with Gasteiger partial charge in [0.2, 0.25) is 0 Å². The van der Waals surface area contributed by atoms with E-state index in [-0.39, 0.29) is 5.69 Å². The minimum atomic E-state index is -0.396. The first-order chi connectivity index (χ1) is 15.6. The number of hydrogen-bond acceptors (Lipinski definition) is 7. The molecule has 0 unspecified atom stereocenters. The molecule has 4 rings (SSSR count). The lowest BCUT2D eigenvalue weighted by Gasteiger charge is -2.14. The largest absolute Gasteiger partial charge is 0.494 e. The van der Waals surface area contributed by atoms with Crippen molar-refractivity contribution < 1.29 is 9.66 Å².